The molecule has 4 rings (SSSR count). The van der Waals surface area contributed by atoms with E-state index in [-0.39, 0.29) is 60.4 Å². The van der Waals surface area contributed by atoms with E-state index >= 15 is 0 Å². The Hall–Kier alpha value is -2.94. The van der Waals surface area contributed by atoms with Gasteiger partial charge >= 0.3 is 6.09 Å². The second kappa shape index (κ2) is 11.0. The second-order valence-corrected chi connectivity index (χ2v) is 12.4. The number of benzene rings is 1. The van der Waals surface area contributed by atoms with E-state index in [1.54, 1.807) is 20.8 Å². The third-order valence-corrected chi connectivity index (χ3v) is 8.09. The van der Waals surface area contributed by atoms with Crippen molar-refractivity contribution in [1.82, 2.24) is 15.5 Å². The van der Waals surface area contributed by atoms with Crippen molar-refractivity contribution >= 4 is 23.7 Å². The first-order chi connectivity index (χ1) is 17.9. The minimum Gasteiger partial charge on any atom is -0.444 e. The van der Waals surface area contributed by atoms with Crippen molar-refractivity contribution in [3.63, 3.8) is 0 Å². The molecule has 3 fully saturated rings. The van der Waals surface area contributed by atoms with Crippen LogP contribution in [-0.4, -0.2) is 66.0 Å². The summed E-state index contributed by atoms with van der Waals surface area (Å²) in [6, 6.07) is 7.90. The van der Waals surface area contributed by atoms with Crippen molar-refractivity contribution in [2.45, 2.75) is 78.2 Å². The minimum absolute atomic E-state index is 0.0157. The van der Waals surface area contributed by atoms with Crippen LogP contribution in [0.1, 0.15) is 59.4 Å². The first kappa shape index (κ1) is 28.1. The number of nitrogens with zero attached hydrogens (tertiary/aromatic N) is 1. The van der Waals surface area contributed by atoms with Gasteiger partial charge in [-0.2, -0.15) is 0 Å². The van der Waals surface area contributed by atoms with Gasteiger partial charge in [-0.3, -0.25) is 19.3 Å². The fraction of sp³-hybridized carbons (Fsp3) is 0.655. The van der Waals surface area contributed by atoms with E-state index in [1.165, 1.54) is 4.90 Å². The molecule has 9 nitrogen and oxygen atoms in total. The van der Waals surface area contributed by atoms with E-state index in [0.717, 1.165) is 12.0 Å². The molecule has 0 aromatic heterocycles. The van der Waals surface area contributed by atoms with Crippen molar-refractivity contribution in [2.24, 2.45) is 23.2 Å². The van der Waals surface area contributed by atoms with Gasteiger partial charge in [0.25, 0.3) is 0 Å². The summed E-state index contributed by atoms with van der Waals surface area (Å²) in [6.45, 7) is 10.7. The van der Waals surface area contributed by atoms with Gasteiger partial charge in [-0.05, 0) is 62.8 Å². The molecule has 38 heavy (non-hydrogen) atoms. The van der Waals surface area contributed by atoms with Crippen LogP contribution in [0.25, 0.3) is 0 Å². The Bertz CT molecular complexity index is 1050. The summed E-state index contributed by atoms with van der Waals surface area (Å²) in [7, 11) is 0. The van der Waals surface area contributed by atoms with Crippen LogP contribution in [0.3, 0.4) is 0 Å². The number of nitrogens with one attached hydrogen (secondary N) is 2. The summed E-state index contributed by atoms with van der Waals surface area (Å²) in [5.41, 5.74) is 0.166. The zero-order valence-electron chi connectivity index (χ0n) is 23.1. The molecule has 0 radical (unpaired) electrons. The predicted octanol–water partition coefficient (Wildman–Crippen LogP) is 3.06. The standard InChI is InChI=1S/C29H41N3O6/c1-28(2,3)38-27(36)32-15-20-23(29(20,4)5)24(32)26(35)31-21(14-19-12-9-13-30-25(19)34)22(33)17-37-16-18-10-7-6-8-11-18/h6-8,10-11,19-21,23-24H,9,12-17H2,1-5H3,(H,30,34)(H,31,35)/t19-,20-,21-,23-,24-/m0/s1. The number of Topliss-reactive ketones (excluding diaryl/α,β-unsaturated/α-hetero) is 1. The van der Waals surface area contributed by atoms with E-state index < -0.39 is 23.8 Å². The number of carbonyl (C=O) groups is 4. The third kappa shape index (κ3) is 6.37. The molecule has 0 spiro atoms. The Morgan fingerprint density at radius 2 is 1.89 bits per heavy atom. The quantitative estimate of drug-likeness (QED) is 0.510. The first-order valence-corrected chi connectivity index (χ1v) is 13.6. The number of ketones is 1. The summed E-state index contributed by atoms with van der Waals surface area (Å²) in [5.74, 6) is -0.972. The fourth-order valence-corrected chi connectivity index (χ4v) is 5.91. The Morgan fingerprint density at radius 1 is 1.18 bits per heavy atom. The molecule has 2 saturated heterocycles. The molecule has 1 aromatic carbocycles. The molecule has 2 heterocycles. The maximum Gasteiger partial charge on any atom is 0.410 e. The van der Waals surface area contributed by atoms with E-state index in [0.29, 0.717) is 19.5 Å². The highest BCUT2D eigenvalue weighted by Gasteiger charge is 2.69. The first-order valence-electron chi connectivity index (χ1n) is 13.6. The molecular formula is C29H41N3O6. The second-order valence-electron chi connectivity index (χ2n) is 12.4. The number of piperidine rings is 2. The Labute approximate surface area is 225 Å². The molecule has 0 unspecified atom stereocenters. The molecule has 0 bridgehead atoms. The van der Waals surface area contributed by atoms with Gasteiger partial charge in [-0.1, -0.05) is 44.2 Å². The lowest BCUT2D eigenvalue weighted by Gasteiger charge is -2.33. The molecule has 5 atom stereocenters. The van der Waals surface area contributed by atoms with Crippen molar-refractivity contribution < 1.29 is 28.7 Å². The summed E-state index contributed by atoms with van der Waals surface area (Å²) < 4.78 is 11.3. The maximum absolute atomic E-state index is 13.7. The Morgan fingerprint density at radius 3 is 2.55 bits per heavy atom. The van der Waals surface area contributed by atoms with Crippen molar-refractivity contribution in [2.75, 3.05) is 19.7 Å². The minimum atomic E-state index is -0.895. The molecule has 9 heteroatoms. The largest absolute Gasteiger partial charge is 0.444 e. The summed E-state index contributed by atoms with van der Waals surface area (Å²) >= 11 is 0. The van der Waals surface area contributed by atoms with E-state index in [2.05, 4.69) is 24.5 Å². The molecule has 1 aliphatic carbocycles. The summed E-state index contributed by atoms with van der Waals surface area (Å²) in [5, 5.41) is 5.77. The monoisotopic (exact) mass is 527 g/mol. The number of hydrogen-bond acceptors (Lipinski definition) is 6. The van der Waals surface area contributed by atoms with Gasteiger partial charge in [0.15, 0.2) is 5.78 Å². The number of carbonyl (C=O) groups excluding carboxylic acids is 4. The van der Waals surface area contributed by atoms with Gasteiger partial charge in [0.1, 0.15) is 18.2 Å². The van der Waals surface area contributed by atoms with Crippen LogP contribution in [0.2, 0.25) is 0 Å². The highest BCUT2D eigenvalue weighted by atomic mass is 16.6. The molecular weight excluding hydrogens is 486 g/mol. The van der Waals surface area contributed by atoms with Crippen LogP contribution in [-0.2, 0) is 30.5 Å². The average Bonchev–Trinajstić information content (AvgIpc) is 3.16. The van der Waals surface area contributed by atoms with Gasteiger partial charge < -0.3 is 20.1 Å². The zero-order chi connectivity index (χ0) is 27.7. The van der Waals surface area contributed by atoms with Crippen LogP contribution in [0.4, 0.5) is 4.79 Å². The summed E-state index contributed by atoms with van der Waals surface area (Å²) in [6.07, 6.45) is 1.15. The number of hydrogen-bond donors (Lipinski definition) is 2. The normalized spacial score (nSPS) is 26.7. The lowest BCUT2D eigenvalue weighted by atomic mass is 9.90. The smallest absolute Gasteiger partial charge is 0.410 e. The molecule has 208 valence electrons. The number of amides is 3. The number of rotatable bonds is 9. The number of ether oxygens (including phenoxy) is 2. The molecule has 3 aliphatic rings. The SMILES string of the molecule is CC(C)(C)OC(=O)N1C[C@H]2[C@@H]([C@H]1C(=O)N[C@@H](C[C@@H]1CCCNC1=O)C(=O)COCc1ccccc1)C2(C)C. The van der Waals surface area contributed by atoms with Crippen molar-refractivity contribution in [1.29, 1.82) is 0 Å². The molecule has 1 aromatic rings. The highest BCUT2D eigenvalue weighted by Crippen LogP contribution is 2.65. The van der Waals surface area contributed by atoms with Crippen molar-refractivity contribution in [3.05, 3.63) is 35.9 Å². The van der Waals surface area contributed by atoms with Crippen LogP contribution >= 0.6 is 0 Å². The third-order valence-electron chi connectivity index (χ3n) is 8.09. The lowest BCUT2D eigenvalue weighted by Crippen LogP contribution is -2.55. The van der Waals surface area contributed by atoms with Crippen LogP contribution < -0.4 is 10.6 Å². The maximum atomic E-state index is 13.7. The Kier molecular flexibility index (Phi) is 8.16. The molecule has 2 aliphatic heterocycles. The molecule has 3 amide bonds. The van der Waals surface area contributed by atoms with Gasteiger partial charge in [-0.15, -0.1) is 0 Å². The van der Waals surface area contributed by atoms with Gasteiger partial charge in [0, 0.05) is 19.0 Å². The van der Waals surface area contributed by atoms with E-state index in [4.69, 9.17) is 9.47 Å². The topological polar surface area (TPSA) is 114 Å². The predicted molar refractivity (Wildman–Crippen MR) is 141 cm³/mol. The van der Waals surface area contributed by atoms with Gasteiger partial charge in [0.2, 0.25) is 11.8 Å². The number of likely N-dealkylation sites (tertiary alicyclic amines) is 1. The van der Waals surface area contributed by atoms with Gasteiger partial charge in [0.05, 0.1) is 12.6 Å². The molecule has 1 saturated carbocycles. The summed E-state index contributed by atoms with van der Waals surface area (Å²) in [4.78, 5) is 54.0. The lowest BCUT2D eigenvalue weighted by molar-refractivity contribution is -0.135. The fourth-order valence-electron chi connectivity index (χ4n) is 5.91. The molecule has 2 N–H and O–H groups in total. The van der Waals surface area contributed by atoms with Crippen LogP contribution in [0.5, 0.6) is 0 Å². The zero-order valence-corrected chi connectivity index (χ0v) is 23.1. The van der Waals surface area contributed by atoms with E-state index in [1.807, 2.05) is 30.3 Å². The van der Waals surface area contributed by atoms with Crippen molar-refractivity contribution in [3.8, 4) is 0 Å². The van der Waals surface area contributed by atoms with Crippen LogP contribution in [0, 0.1) is 23.2 Å². The average molecular weight is 528 g/mol. The van der Waals surface area contributed by atoms with Crippen LogP contribution in [0.15, 0.2) is 30.3 Å². The highest BCUT2D eigenvalue weighted by molar-refractivity contribution is 5.94. The Balaban J connectivity index is 1.47. The van der Waals surface area contributed by atoms with Gasteiger partial charge in [-0.25, -0.2) is 4.79 Å². The van der Waals surface area contributed by atoms with E-state index in [9.17, 15) is 19.2 Å². The number of fused-ring (bicyclic) bond motifs is 1.